The lowest BCUT2D eigenvalue weighted by Crippen LogP contribution is -2.48. The molecule has 2 aromatic rings. The van der Waals surface area contributed by atoms with Crippen LogP contribution in [0.2, 0.25) is 5.02 Å². The van der Waals surface area contributed by atoms with Crippen LogP contribution in [0, 0.1) is 0 Å². The highest BCUT2D eigenvalue weighted by molar-refractivity contribution is 9.10. The van der Waals surface area contributed by atoms with Gasteiger partial charge in [-0.05, 0) is 46.3 Å². The van der Waals surface area contributed by atoms with Gasteiger partial charge in [-0.25, -0.2) is 0 Å². The molecule has 2 aromatic carbocycles. The molecule has 0 atom stereocenters. The molecule has 1 aliphatic heterocycles. The lowest BCUT2D eigenvalue weighted by Gasteiger charge is -2.36. The summed E-state index contributed by atoms with van der Waals surface area (Å²) in [5.74, 6) is 0.0817. The Balaban J connectivity index is 1.67. The number of piperazine rings is 1. The van der Waals surface area contributed by atoms with Crippen LogP contribution in [0.4, 0.5) is 5.69 Å². The summed E-state index contributed by atoms with van der Waals surface area (Å²) >= 11 is 9.49. The molecule has 1 aliphatic rings. The topological polar surface area (TPSA) is 23.6 Å². The van der Waals surface area contributed by atoms with Crippen molar-refractivity contribution < 1.29 is 4.79 Å². The summed E-state index contributed by atoms with van der Waals surface area (Å²) in [6, 6.07) is 15.4. The van der Waals surface area contributed by atoms with Crippen LogP contribution in [0.15, 0.2) is 53.0 Å². The Hall–Kier alpha value is -1.52. The van der Waals surface area contributed by atoms with Crippen LogP contribution < -0.4 is 4.90 Å². The third-order valence-corrected chi connectivity index (χ3v) is 4.77. The molecule has 0 aliphatic carbocycles. The smallest absolute Gasteiger partial charge is 0.255 e. The zero-order valence-corrected chi connectivity index (χ0v) is 14.3. The van der Waals surface area contributed by atoms with Gasteiger partial charge in [0, 0.05) is 41.4 Å². The van der Waals surface area contributed by atoms with Gasteiger partial charge in [0.1, 0.15) is 0 Å². The van der Waals surface area contributed by atoms with Gasteiger partial charge in [-0.2, -0.15) is 0 Å². The van der Waals surface area contributed by atoms with Crippen LogP contribution in [0.5, 0.6) is 0 Å². The van der Waals surface area contributed by atoms with Crippen molar-refractivity contribution in [3.05, 3.63) is 63.6 Å². The summed E-state index contributed by atoms with van der Waals surface area (Å²) in [6.45, 7) is 3.06. The SMILES string of the molecule is O=C(c1ccccc1Br)N1CCN(c2cccc(Cl)c2)CC1. The Bertz CT molecular complexity index is 684. The number of nitrogens with zero attached hydrogens (tertiary/aromatic N) is 2. The number of carbonyl (C=O) groups excluding carboxylic acids is 1. The largest absolute Gasteiger partial charge is 0.368 e. The molecule has 1 fully saturated rings. The van der Waals surface area contributed by atoms with Gasteiger partial charge in [-0.1, -0.05) is 29.8 Å². The summed E-state index contributed by atoms with van der Waals surface area (Å²) in [5, 5.41) is 0.740. The van der Waals surface area contributed by atoms with E-state index in [2.05, 4.69) is 26.9 Å². The maximum atomic E-state index is 12.6. The summed E-state index contributed by atoms with van der Waals surface area (Å²) in [5.41, 5.74) is 1.83. The Labute approximate surface area is 143 Å². The van der Waals surface area contributed by atoms with E-state index in [4.69, 9.17) is 11.6 Å². The molecule has 1 heterocycles. The number of hydrogen-bond acceptors (Lipinski definition) is 2. The van der Waals surface area contributed by atoms with Crippen LogP contribution in [0.3, 0.4) is 0 Å². The number of amides is 1. The van der Waals surface area contributed by atoms with Gasteiger partial charge in [-0.3, -0.25) is 4.79 Å². The Morgan fingerprint density at radius 2 is 1.73 bits per heavy atom. The van der Waals surface area contributed by atoms with Crippen molar-refractivity contribution in [3.63, 3.8) is 0 Å². The fourth-order valence-electron chi connectivity index (χ4n) is 2.65. The second-order valence-electron chi connectivity index (χ2n) is 5.24. The molecule has 5 heteroatoms. The van der Waals surface area contributed by atoms with Gasteiger partial charge < -0.3 is 9.80 Å². The third kappa shape index (κ3) is 3.28. The van der Waals surface area contributed by atoms with E-state index in [1.165, 1.54) is 0 Å². The fraction of sp³-hybridized carbons (Fsp3) is 0.235. The standard InChI is InChI=1S/C17H16BrClN2O/c18-16-7-2-1-6-15(16)17(22)21-10-8-20(9-11-21)14-5-3-4-13(19)12-14/h1-7,12H,8-11H2. The van der Waals surface area contributed by atoms with Crippen molar-refractivity contribution in [1.29, 1.82) is 0 Å². The summed E-state index contributed by atoms with van der Waals surface area (Å²) < 4.78 is 0.845. The van der Waals surface area contributed by atoms with E-state index >= 15 is 0 Å². The number of carbonyl (C=O) groups is 1. The highest BCUT2D eigenvalue weighted by atomic mass is 79.9. The van der Waals surface area contributed by atoms with Gasteiger partial charge in [0.25, 0.3) is 5.91 Å². The molecule has 0 radical (unpaired) electrons. The lowest BCUT2D eigenvalue weighted by molar-refractivity contribution is 0.0746. The molecule has 0 spiro atoms. The first-order valence-corrected chi connectivity index (χ1v) is 8.36. The van der Waals surface area contributed by atoms with Crippen LogP contribution in [-0.2, 0) is 0 Å². The molecule has 0 bridgehead atoms. The Morgan fingerprint density at radius 3 is 2.41 bits per heavy atom. The van der Waals surface area contributed by atoms with Crippen molar-refractivity contribution in [2.75, 3.05) is 31.1 Å². The number of anilines is 1. The average molecular weight is 380 g/mol. The molecule has 0 N–H and O–H groups in total. The molecule has 3 rings (SSSR count). The maximum absolute atomic E-state index is 12.6. The number of benzene rings is 2. The maximum Gasteiger partial charge on any atom is 0.255 e. The predicted octanol–water partition coefficient (Wildman–Crippen LogP) is 4.06. The van der Waals surface area contributed by atoms with E-state index in [1.54, 1.807) is 0 Å². The Kier molecular flexibility index (Phi) is 4.69. The van der Waals surface area contributed by atoms with Crippen LogP contribution in [0.25, 0.3) is 0 Å². The minimum atomic E-state index is 0.0817. The molecule has 22 heavy (non-hydrogen) atoms. The normalized spacial score (nSPS) is 15.0. The molecule has 0 unspecified atom stereocenters. The van der Waals surface area contributed by atoms with Crippen LogP contribution >= 0.6 is 27.5 Å². The van der Waals surface area contributed by atoms with Crippen molar-refractivity contribution in [2.24, 2.45) is 0 Å². The van der Waals surface area contributed by atoms with E-state index in [1.807, 2.05) is 47.4 Å². The van der Waals surface area contributed by atoms with Crippen LogP contribution in [0.1, 0.15) is 10.4 Å². The first-order valence-electron chi connectivity index (χ1n) is 7.19. The minimum absolute atomic E-state index is 0.0817. The highest BCUT2D eigenvalue weighted by Crippen LogP contribution is 2.22. The number of halogens is 2. The van der Waals surface area contributed by atoms with Crippen molar-refractivity contribution in [3.8, 4) is 0 Å². The van der Waals surface area contributed by atoms with Crippen molar-refractivity contribution >= 4 is 39.1 Å². The summed E-state index contributed by atoms with van der Waals surface area (Å²) in [4.78, 5) is 16.7. The zero-order chi connectivity index (χ0) is 15.5. The van der Waals surface area contributed by atoms with E-state index in [0.717, 1.165) is 33.8 Å². The Morgan fingerprint density at radius 1 is 1.00 bits per heavy atom. The molecule has 3 nitrogen and oxygen atoms in total. The van der Waals surface area contributed by atoms with E-state index in [0.29, 0.717) is 13.1 Å². The van der Waals surface area contributed by atoms with E-state index in [9.17, 15) is 4.79 Å². The fourth-order valence-corrected chi connectivity index (χ4v) is 3.28. The van der Waals surface area contributed by atoms with Gasteiger partial charge in [0.05, 0.1) is 5.56 Å². The number of hydrogen-bond donors (Lipinski definition) is 0. The summed E-state index contributed by atoms with van der Waals surface area (Å²) in [7, 11) is 0. The molecule has 1 saturated heterocycles. The molecular weight excluding hydrogens is 364 g/mol. The molecule has 0 saturated carbocycles. The first kappa shape index (κ1) is 15.4. The first-order chi connectivity index (χ1) is 10.6. The second-order valence-corrected chi connectivity index (χ2v) is 6.53. The highest BCUT2D eigenvalue weighted by Gasteiger charge is 2.23. The van der Waals surface area contributed by atoms with Gasteiger partial charge >= 0.3 is 0 Å². The van der Waals surface area contributed by atoms with E-state index < -0.39 is 0 Å². The molecule has 0 aromatic heterocycles. The van der Waals surface area contributed by atoms with E-state index in [-0.39, 0.29) is 5.91 Å². The molecule has 114 valence electrons. The third-order valence-electron chi connectivity index (χ3n) is 3.84. The van der Waals surface area contributed by atoms with Crippen LogP contribution in [-0.4, -0.2) is 37.0 Å². The van der Waals surface area contributed by atoms with Crippen molar-refractivity contribution in [1.82, 2.24) is 4.90 Å². The zero-order valence-electron chi connectivity index (χ0n) is 12.0. The lowest BCUT2D eigenvalue weighted by atomic mass is 10.1. The quantitative estimate of drug-likeness (QED) is 0.785. The van der Waals surface area contributed by atoms with Gasteiger partial charge in [0.15, 0.2) is 0 Å². The second kappa shape index (κ2) is 6.71. The van der Waals surface area contributed by atoms with Gasteiger partial charge in [-0.15, -0.1) is 0 Å². The molecule has 1 amide bonds. The molecular formula is C17H16BrClN2O. The van der Waals surface area contributed by atoms with Gasteiger partial charge in [0.2, 0.25) is 0 Å². The predicted molar refractivity (Wildman–Crippen MR) is 93.7 cm³/mol. The average Bonchev–Trinajstić information content (AvgIpc) is 2.55. The van der Waals surface area contributed by atoms with Crippen molar-refractivity contribution in [2.45, 2.75) is 0 Å². The minimum Gasteiger partial charge on any atom is -0.368 e. The number of rotatable bonds is 2. The summed E-state index contributed by atoms with van der Waals surface area (Å²) in [6.07, 6.45) is 0. The monoisotopic (exact) mass is 378 g/mol.